The first kappa shape index (κ1) is 19.7. The predicted molar refractivity (Wildman–Crippen MR) is 101 cm³/mol. The molecule has 6 heteroatoms. The van der Waals surface area contributed by atoms with Crippen LogP contribution in [0.2, 0.25) is 10.0 Å². The molecule has 0 saturated carbocycles. The highest BCUT2D eigenvalue weighted by atomic mass is 35.5. The molecular formula is C19H21Cl2NO3. The van der Waals surface area contributed by atoms with Crippen molar-refractivity contribution in [1.82, 2.24) is 4.90 Å². The molecule has 0 amide bonds. The normalized spacial score (nSPS) is 12.2. The van der Waals surface area contributed by atoms with Gasteiger partial charge in [-0.3, -0.25) is 9.69 Å². The van der Waals surface area contributed by atoms with E-state index >= 15 is 0 Å². The molecule has 0 radical (unpaired) electrons. The molecule has 0 saturated heterocycles. The van der Waals surface area contributed by atoms with Crippen LogP contribution >= 0.6 is 23.2 Å². The largest absolute Gasteiger partial charge is 0.491 e. The number of rotatable bonds is 8. The SMILES string of the molecule is CC(=O)c1ccc(OC[C@@H](O)CN(C)Cc2ccc(Cl)c(Cl)c2)cc1. The molecule has 0 aromatic heterocycles. The minimum atomic E-state index is -0.639. The van der Waals surface area contributed by atoms with Crippen LogP contribution in [0.4, 0.5) is 0 Å². The van der Waals surface area contributed by atoms with Crippen LogP contribution in [0, 0.1) is 0 Å². The molecule has 1 N–H and O–H groups in total. The third-order valence-electron chi connectivity index (χ3n) is 3.66. The molecule has 2 aromatic rings. The molecule has 0 unspecified atom stereocenters. The lowest BCUT2D eigenvalue weighted by molar-refractivity contribution is 0.0743. The topological polar surface area (TPSA) is 49.8 Å². The number of Topliss-reactive ketones (excluding diaryl/α,β-unsaturated/α-hetero) is 1. The van der Waals surface area contributed by atoms with Gasteiger partial charge in [0.1, 0.15) is 18.5 Å². The molecule has 0 aliphatic heterocycles. The summed E-state index contributed by atoms with van der Waals surface area (Å²) in [6.45, 7) is 2.78. The number of benzene rings is 2. The molecule has 4 nitrogen and oxygen atoms in total. The van der Waals surface area contributed by atoms with E-state index in [2.05, 4.69) is 0 Å². The van der Waals surface area contributed by atoms with Crippen LogP contribution in [0.5, 0.6) is 5.75 Å². The Kier molecular flexibility index (Phi) is 7.26. The number of nitrogens with zero attached hydrogens (tertiary/aromatic N) is 1. The third kappa shape index (κ3) is 6.33. The first-order valence-electron chi connectivity index (χ1n) is 7.89. The van der Waals surface area contributed by atoms with E-state index in [0.717, 1.165) is 5.56 Å². The number of carbonyl (C=O) groups excluding carboxylic acids is 1. The summed E-state index contributed by atoms with van der Waals surface area (Å²) in [5, 5.41) is 11.2. The predicted octanol–water partition coefficient (Wildman–Crippen LogP) is 4.07. The van der Waals surface area contributed by atoms with Crippen molar-refractivity contribution in [1.29, 1.82) is 0 Å². The molecule has 2 rings (SSSR count). The lowest BCUT2D eigenvalue weighted by Crippen LogP contribution is -2.32. The second kappa shape index (κ2) is 9.20. The lowest BCUT2D eigenvalue weighted by Gasteiger charge is -2.21. The summed E-state index contributed by atoms with van der Waals surface area (Å²) in [4.78, 5) is 13.2. The van der Waals surface area contributed by atoms with Crippen molar-refractivity contribution in [3.05, 3.63) is 63.6 Å². The fraction of sp³-hybridized carbons (Fsp3) is 0.316. The zero-order chi connectivity index (χ0) is 18.4. The van der Waals surface area contributed by atoms with Gasteiger partial charge in [-0.05, 0) is 55.9 Å². The molecule has 0 aliphatic rings. The Morgan fingerprint density at radius 1 is 1.16 bits per heavy atom. The second-order valence-electron chi connectivity index (χ2n) is 5.99. The van der Waals surface area contributed by atoms with E-state index in [1.165, 1.54) is 6.92 Å². The van der Waals surface area contributed by atoms with Crippen molar-refractivity contribution >= 4 is 29.0 Å². The Morgan fingerprint density at radius 2 is 1.84 bits per heavy atom. The van der Waals surface area contributed by atoms with E-state index in [-0.39, 0.29) is 12.4 Å². The maximum absolute atomic E-state index is 11.2. The number of hydrogen-bond acceptors (Lipinski definition) is 4. The van der Waals surface area contributed by atoms with E-state index in [0.29, 0.717) is 34.4 Å². The minimum absolute atomic E-state index is 0.00973. The maximum Gasteiger partial charge on any atom is 0.159 e. The molecule has 0 fully saturated rings. The van der Waals surface area contributed by atoms with Crippen molar-refractivity contribution < 1.29 is 14.6 Å². The molecule has 134 valence electrons. The number of carbonyl (C=O) groups is 1. The van der Waals surface area contributed by atoms with Crippen LogP contribution in [-0.4, -0.2) is 42.1 Å². The Labute approximate surface area is 157 Å². The van der Waals surface area contributed by atoms with Gasteiger partial charge >= 0.3 is 0 Å². The van der Waals surface area contributed by atoms with Gasteiger partial charge in [0.25, 0.3) is 0 Å². The van der Waals surface area contributed by atoms with Crippen molar-refractivity contribution in [2.24, 2.45) is 0 Å². The fourth-order valence-electron chi connectivity index (χ4n) is 2.40. The minimum Gasteiger partial charge on any atom is -0.491 e. The molecule has 1 atom stereocenters. The number of likely N-dealkylation sites (N-methyl/N-ethyl adjacent to an activating group) is 1. The summed E-state index contributed by atoms with van der Waals surface area (Å²) in [6, 6.07) is 12.4. The highest BCUT2D eigenvalue weighted by Crippen LogP contribution is 2.23. The van der Waals surface area contributed by atoms with Crippen molar-refractivity contribution in [2.45, 2.75) is 19.6 Å². The quantitative estimate of drug-likeness (QED) is 0.700. The monoisotopic (exact) mass is 381 g/mol. The fourth-order valence-corrected chi connectivity index (χ4v) is 2.73. The average molecular weight is 382 g/mol. The van der Waals surface area contributed by atoms with Crippen LogP contribution in [0.25, 0.3) is 0 Å². The Balaban J connectivity index is 1.79. The molecule has 0 spiro atoms. The van der Waals surface area contributed by atoms with Crippen molar-refractivity contribution in [2.75, 3.05) is 20.2 Å². The van der Waals surface area contributed by atoms with Crippen LogP contribution < -0.4 is 4.74 Å². The third-order valence-corrected chi connectivity index (χ3v) is 4.40. The molecule has 0 aliphatic carbocycles. The molecule has 0 bridgehead atoms. The van der Waals surface area contributed by atoms with Gasteiger partial charge in [0, 0.05) is 18.7 Å². The number of ether oxygens (including phenoxy) is 1. The van der Waals surface area contributed by atoms with E-state index in [4.69, 9.17) is 27.9 Å². The highest BCUT2D eigenvalue weighted by Gasteiger charge is 2.11. The molecule has 2 aromatic carbocycles. The van der Waals surface area contributed by atoms with Crippen LogP contribution in [0.3, 0.4) is 0 Å². The van der Waals surface area contributed by atoms with Gasteiger partial charge in [0.2, 0.25) is 0 Å². The zero-order valence-corrected chi connectivity index (χ0v) is 15.7. The lowest BCUT2D eigenvalue weighted by atomic mass is 10.1. The average Bonchev–Trinajstić information content (AvgIpc) is 2.56. The van der Waals surface area contributed by atoms with Gasteiger partial charge in [0.05, 0.1) is 10.0 Å². The summed E-state index contributed by atoms with van der Waals surface area (Å²) in [5.41, 5.74) is 1.65. The first-order valence-corrected chi connectivity index (χ1v) is 8.65. The van der Waals surface area contributed by atoms with Gasteiger partial charge < -0.3 is 9.84 Å². The molecule has 0 heterocycles. The van der Waals surface area contributed by atoms with Crippen LogP contribution in [-0.2, 0) is 6.54 Å². The zero-order valence-electron chi connectivity index (χ0n) is 14.2. The maximum atomic E-state index is 11.2. The van der Waals surface area contributed by atoms with Crippen LogP contribution in [0.1, 0.15) is 22.8 Å². The van der Waals surface area contributed by atoms with E-state index in [9.17, 15) is 9.90 Å². The molecular weight excluding hydrogens is 361 g/mol. The smallest absolute Gasteiger partial charge is 0.159 e. The summed E-state index contributed by atoms with van der Waals surface area (Å²) in [7, 11) is 1.91. The number of aliphatic hydroxyl groups is 1. The van der Waals surface area contributed by atoms with Crippen molar-refractivity contribution in [3.8, 4) is 5.75 Å². The van der Waals surface area contributed by atoms with Gasteiger partial charge in [-0.15, -0.1) is 0 Å². The Morgan fingerprint density at radius 3 is 2.44 bits per heavy atom. The highest BCUT2D eigenvalue weighted by molar-refractivity contribution is 6.42. The van der Waals surface area contributed by atoms with Crippen molar-refractivity contribution in [3.63, 3.8) is 0 Å². The first-order chi connectivity index (χ1) is 11.8. The standard InChI is InChI=1S/C19H21Cl2NO3/c1-13(23)15-4-6-17(7-5-15)25-12-16(24)11-22(2)10-14-3-8-18(20)19(21)9-14/h3-9,16,24H,10-12H2,1-2H3/t16-/m0/s1. The van der Waals surface area contributed by atoms with E-state index in [1.807, 2.05) is 24.1 Å². The van der Waals surface area contributed by atoms with Crippen LogP contribution in [0.15, 0.2) is 42.5 Å². The number of halogens is 2. The Hall–Kier alpha value is -1.59. The number of ketones is 1. The molecule has 25 heavy (non-hydrogen) atoms. The Bertz CT molecular complexity index is 719. The summed E-state index contributed by atoms with van der Waals surface area (Å²) in [6.07, 6.45) is -0.639. The van der Waals surface area contributed by atoms with Gasteiger partial charge in [0.15, 0.2) is 5.78 Å². The number of hydrogen-bond donors (Lipinski definition) is 1. The second-order valence-corrected chi connectivity index (χ2v) is 6.81. The summed E-state index contributed by atoms with van der Waals surface area (Å²) in [5.74, 6) is 0.631. The number of aliphatic hydroxyl groups excluding tert-OH is 1. The summed E-state index contributed by atoms with van der Waals surface area (Å²) < 4.78 is 5.56. The van der Waals surface area contributed by atoms with Gasteiger partial charge in [-0.2, -0.15) is 0 Å². The van der Waals surface area contributed by atoms with E-state index < -0.39 is 6.10 Å². The van der Waals surface area contributed by atoms with E-state index in [1.54, 1.807) is 30.3 Å². The summed E-state index contributed by atoms with van der Waals surface area (Å²) >= 11 is 11.9. The van der Waals surface area contributed by atoms with Gasteiger partial charge in [-0.25, -0.2) is 0 Å². The van der Waals surface area contributed by atoms with Gasteiger partial charge in [-0.1, -0.05) is 29.3 Å².